The maximum atomic E-state index is 12.6. The van der Waals surface area contributed by atoms with Crippen molar-refractivity contribution in [3.05, 3.63) is 35.4 Å². The maximum Gasteiger partial charge on any atom is 0.408 e. The molecule has 1 saturated heterocycles. The number of esters is 1. The van der Waals surface area contributed by atoms with E-state index < -0.39 is 18.1 Å². The van der Waals surface area contributed by atoms with Crippen molar-refractivity contribution in [2.75, 3.05) is 7.11 Å². The molecule has 25 heavy (non-hydrogen) atoms. The lowest BCUT2D eigenvalue weighted by atomic mass is 10.0. The first-order valence-corrected chi connectivity index (χ1v) is 8.42. The van der Waals surface area contributed by atoms with E-state index in [1.54, 1.807) is 24.3 Å². The first-order valence-electron chi connectivity index (χ1n) is 8.42. The monoisotopic (exact) mass is 346 g/mol. The number of ether oxygens (including phenoxy) is 1. The Balaban J connectivity index is 1.65. The number of piperidine rings is 1. The van der Waals surface area contributed by atoms with E-state index in [2.05, 4.69) is 10.1 Å². The van der Waals surface area contributed by atoms with Crippen LogP contribution in [0, 0.1) is 5.92 Å². The minimum Gasteiger partial charge on any atom is -0.465 e. The number of carboxylic acid groups (broad SMARTS) is 1. The zero-order chi connectivity index (χ0) is 18.1. The molecular formula is C18H22N2O5. The summed E-state index contributed by atoms with van der Waals surface area (Å²) in [4.78, 5) is 36.9. The zero-order valence-electron chi connectivity index (χ0n) is 14.3. The number of fused-ring (bicyclic) bond motifs is 1. The summed E-state index contributed by atoms with van der Waals surface area (Å²) in [6.45, 7) is 1.83. The Morgan fingerprint density at radius 3 is 2.52 bits per heavy atom. The fraction of sp³-hybridized carbons (Fsp3) is 0.500. The Morgan fingerprint density at radius 1 is 1.24 bits per heavy atom. The van der Waals surface area contributed by atoms with Gasteiger partial charge in [0.15, 0.2) is 0 Å². The van der Waals surface area contributed by atoms with E-state index in [9.17, 15) is 19.5 Å². The van der Waals surface area contributed by atoms with Crippen molar-refractivity contribution in [3.63, 3.8) is 0 Å². The molecule has 4 atom stereocenters. The number of hydrogen-bond donors (Lipinski definition) is 2. The molecule has 7 nitrogen and oxygen atoms in total. The molecule has 0 spiro atoms. The van der Waals surface area contributed by atoms with Crippen LogP contribution in [-0.2, 0) is 9.53 Å². The van der Waals surface area contributed by atoms with Crippen LogP contribution >= 0.6 is 0 Å². The Hall–Kier alpha value is -2.57. The summed E-state index contributed by atoms with van der Waals surface area (Å²) in [6, 6.07) is 5.88. The number of nitrogens with zero attached hydrogens (tertiary/aromatic N) is 1. The summed E-state index contributed by atoms with van der Waals surface area (Å²) >= 11 is 0. The molecule has 0 radical (unpaired) electrons. The van der Waals surface area contributed by atoms with Crippen molar-refractivity contribution >= 4 is 18.0 Å². The molecule has 2 amide bonds. The van der Waals surface area contributed by atoms with Crippen LogP contribution in [0.1, 0.15) is 48.1 Å². The van der Waals surface area contributed by atoms with Gasteiger partial charge in [-0.15, -0.1) is 0 Å². The van der Waals surface area contributed by atoms with Gasteiger partial charge in [0.05, 0.1) is 18.7 Å². The second-order valence-electron chi connectivity index (χ2n) is 6.69. The number of rotatable bonds is 4. The highest BCUT2D eigenvalue weighted by molar-refractivity contribution is 5.89. The highest BCUT2D eigenvalue weighted by atomic mass is 16.5. The Labute approximate surface area is 146 Å². The minimum absolute atomic E-state index is 0.00311. The van der Waals surface area contributed by atoms with E-state index >= 15 is 0 Å². The summed E-state index contributed by atoms with van der Waals surface area (Å²) in [5.41, 5.74) is 1.27. The number of nitrogens with one attached hydrogen (secondary N) is 1. The number of likely N-dealkylation sites (tertiary alicyclic amines) is 1. The first-order chi connectivity index (χ1) is 11.9. The summed E-state index contributed by atoms with van der Waals surface area (Å²) in [5, 5.41) is 12.3. The average molecular weight is 346 g/mol. The SMILES string of the molecule is COC(=O)c1ccc([C@H](C)NC(=O)C2CCC3CC3N2C(=O)O)cc1. The quantitative estimate of drug-likeness (QED) is 0.815. The number of methoxy groups -OCH3 is 1. The third-order valence-corrected chi connectivity index (χ3v) is 5.10. The van der Waals surface area contributed by atoms with Crippen LogP contribution in [0.25, 0.3) is 0 Å². The molecule has 3 unspecified atom stereocenters. The van der Waals surface area contributed by atoms with Gasteiger partial charge < -0.3 is 15.2 Å². The van der Waals surface area contributed by atoms with Gasteiger partial charge in [0.25, 0.3) is 0 Å². The lowest BCUT2D eigenvalue weighted by Gasteiger charge is -2.33. The van der Waals surface area contributed by atoms with Crippen LogP contribution in [0.2, 0.25) is 0 Å². The number of carbonyl (C=O) groups is 3. The Morgan fingerprint density at radius 2 is 1.92 bits per heavy atom. The lowest BCUT2D eigenvalue weighted by molar-refractivity contribution is -0.127. The topological polar surface area (TPSA) is 95.9 Å². The number of hydrogen-bond acceptors (Lipinski definition) is 4. The molecule has 0 aromatic heterocycles. The van der Waals surface area contributed by atoms with Crippen molar-refractivity contribution in [3.8, 4) is 0 Å². The average Bonchev–Trinajstić information content (AvgIpc) is 3.39. The van der Waals surface area contributed by atoms with Crippen molar-refractivity contribution in [1.82, 2.24) is 10.2 Å². The summed E-state index contributed by atoms with van der Waals surface area (Å²) in [6.07, 6.45) is 1.30. The second kappa shape index (κ2) is 6.74. The molecule has 1 saturated carbocycles. The molecule has 2 fully saturated rings. The highest BCUT2D eigenvalue weighted by Crippen LogP contribution is 2.45. The van der Waals surface area contributed by atoms with E-state index in [1.165, 1.54) is 12.0 Å². The van der Waals surface area contributed by atoms with Crippen LogP contribution in [0.3, 0.4) is 0 Å². The van der Waals surface area contributed by atoms with Crippen LogP contribution in [0.5, 0.6) is 0 Å². The predicted molar refractivity (Wildman–Crippen MR) is 89.1 cm³/mol. The summed E-state index contributed by atoms with van der Waals surface area (Å²) in [5.74, 6) is -0.262. The van der Waals surface area contributed by atoms with Crippen LogP contribution in [0.15, 0.2) is 24.3 Å². The normalized spacial score (nSPS) is 25.5. The van der Waals surface area contributed by atoms with Gasteiger partial charge in [-0.1, -0.05) is 12.1 Å². The molecule has 7 heteroatoms. The zero-order valence-corrected chi connectivity index (χ0v) is 14.3. The smallest absolute Gasteiger partial charge is 0.408 e. The molecule has 1 heterocycles. The Bertz CT molecular complexity index is 687. The number of amides is 2. The molecule has 0 bridgehead atoms. The molecule has 1 aliphatic carbocycles. The third-order valence-electron chi connectivity index (χ3n) is 5.10. The molecule has 1 aromatic rings. The van der Waals surface area contributed by atoms with Crippen molar-refractivity contribution < 1.29 is 24.2 Å². The van der Waals surface area contributed by atoms with Crippen molar-refractivity contribution in [2.45, 2.75) is 44.3 Å². The summed E-state index contributed by atoms with van der Waals surface area (Å²) in [7, 11) is 1.32. The van der Waals surface area contributed by atoms with E-state index in [-0.39, 0.29) is 18.0 Å². The van der Waals surface area contributed by atoms with Gasteiger partial charge in [-0.25, -0.2) is 9.59 Å². The minimum atomic E-state index is -1.03. The first kappa shape index (κ1) is 17.3. The Kier molecular flexibility index (Phi) is 4.65. The van der Waals surface area contributed by atoms with Crippen LogP contribution in [-0.4, -0.2) is 47.2 Å². The lowest BCUT2D eigenvalue weighted by Crippen LogP contribution is -2.52. The van der Waals surface area contributed by atoms with Crippen LogP contribution < -0.4 is 5.32 Å². The van der Waals surface area contributed by atoms with Gasteiger partial charge in [0, 0.05) is 6.04 Å². The largest absolute Gasteiger partial charge is 0.465 e. The van der Waals surface area contributed by atoms with Gasteiger partial charge >= 0.3 is 12.1 Å². The molecule has 134 valence electrons. The third kappa shape index (κ3) is 3.45. The van der Waals surface area contributed by atoms with Gasteiger partial charge in [-0.2, -0.15) is 0 Å². The number of benzene rings is 1. The molecular weight excluding hydrogens is 324 g/mol. The van der Waals surface area contributed by atoms with Crippen molar-refractivity contribution in [1.29, 1.82) is 0 Å². The predicted octanol–water partition coefficient (Wildman–Crippen LogP) is 2.18. The standard InChI is InChI=1S/C18H22N2O5/c1-10(11-3-5-12(6-4-11)17(22)25-2)19-16(21)14-8-7-13-9-15(13)20(14)18(23)24/h3-6,10,13-15H,7-9H2,1-2H3,(H,19,21)(H,23,24)/t10-,13?,14?,15?/m0/s1. The molecule has 3 rings (SSSR count). The fourth-order valence-corrected chi connectivity index (χ4v) is 3.58. The highest BCUT2D eigenvalue weighted by Gasteiger charge is 2.52. The van der Waals surface area contributed by atoms with E-state index in [0.29, 0.717) is 17.9 Å². The summed E-state index contributed by atoms with van der Waals surface area (Å²) < 4.78 is 4.66. The number of carbonyl (C=O) groups excluding carboxylic acids is 2. The van der Waals surface area contributed by atoms with E-state index in [4.69, 9.17) is 0 Å². The molecule has 1 aromatic carbocycles. The van der Waals surface area contributed by atoms with Crippen molar-refractivity contribution in [2.24, 2.45) is 5.92 Å². The molecule has 1 aliphatic heterocycles. The fourth-order valence-electron chi connectivity index (χ4n) is 3.58. The van der Waals surface area contributed by atoms with Gasteiger partial charge in [0.1, 0.15) is 6.04 Å². The van der Waals surface area contributed by atoms with E-state index in [1.807, 2.05) is 6.92 Å². The van der Waals surface area contributed by atoms with Crippen LogP contribution in [0.4, 0.5) is 4.79 Å². The molecule has 2 N–H and O–H groups in total. The second-order valence-corrected chi connectivity index (χ2v) is 6.69. The van der Waals surface area contributed by atoms with Gasteiger partial charge in [-0.05, 0) is 49.8 Å². The van der Waals surface area contributed by atoms with Gasteiger partial charge in [0.2, 0.25) is 5.91 Å². The van der Waals surface area contributed by atoms with E-state index in [0.717, 1.165) is 18.4 Å². The molecule has 2 aliphatic rings. The van der Waals surface area contributed by atoms with Gasteiger partial charge in [-0.3, -0.25) is 9.69 Å². The maximum absolute atomic E-state index is 12.6.